The summed E-state index contributed by atoms with van der Waals surface area (Å²) in [5.74, 6) is 0.789. The van der Waals surface area contributed by atoms with Crippen LogP contribution >= 0.6 is 11.8 Å². The molecule has 1 aromatic carbocycles. The maximum Gasteiger partial charge on any atom is 0.137 e. The van der Waals surface area contributed by atoms with Crippen LogP contribution in [0.2, 0.25) is 0 Å². The number of halogens is 1. The molecule has 13 heavy (non-hydrogen) atoms. The topological polar surface area (TPSA) is 12.0 Å². The average Bonchev–Trinajstić information content (AvgIpc) is 2.11. The fourth-order valence-corrected chi connectivity index (χ4v) is 2.01. The van der Waals surface area contributed by atoms with Crippen LogP contribution in [0.15, 0.2) is 23.1 Å². The van der Waals surface area contributed by atoms with Gasteiger partial charge in [0.2, 0.25) is 0 Å². The largest absolute Gasteiger partial charge is 0.316 e. The number of nitrogens with one attached hydrogen (secondary N) is 1. The summed E-state index contributed by atoms with van der Waals surface area (Å²) in [5.41, 5.74) is 1.04. The minimum atomic E-state index is -0.111. The summed E-state index contributed by atoms with van der Waals surface area (Å²) in [6.45, 7) is 2.75. The van der Waals surface area contributed by atoms with Gasteiger partial charge in [-0.15, -0.1) is 11.8 Å². The van der Waals surface area contributed by atoms with Crippen LogP contribution in [0.4, 0.5) is 4.39 Å². The maximum atomic E-state index is 13.3. The molecule has 0 radical (unpaired) electrons. The average molecular weight is 199 g/mol. The summed E-state index contributed by atoms with van der Waals surface area (Å²) >= 11 is 1.55. The third-order valence-corrected chi connectivity index (χ3v) is 2.74. The molecule has 0 saturated heterocycles. The van der Waals surface area contributed by atoms with Crippen molar-refractivity contribution in [2.24, 2.45) is 0 Å². The molecule has 0 saturated carbocycles. The summed E-state index contributed by atoms with van der Waals surface area (Å²) in [4.78, 5) is 0.777. The van der Waals surface area contributed by atoms with E-state index in [1.807, 2.05) is 20.0 Å². The second-order valence-corrected chi connectivity index (χ2v) is 3.97. The SMILES string of the molecule is CCSc1c(F)cccc1CNC. The summed E-state index contributed by atoms with van der Waals surface area (Å²) in [7, 11) is 1.87. The minimum absolute atomic E-state index is 0.111. The van der Waals surface area contributed by atoms with Gasteiger partial charge in [-0.25, -0.2) is 4.39 Å². The maximum absolute atomic E-state index is 13.3. The van der Waals surface area contributed by atoms with E-state index in [-0.39, 0.29) is 5.82 Å². The van der Waals surface area contributed by atoms with E-state index in [4.69, 9.17) is 0 Å². The van der Waals surface area contributed by atoms with E-state index < -0.39 is 0 Å². The first-order valence-electron chi connectivity index (χ1n) is 4.34. The standard InChI is InChI=1S/C10H14FNS/c1-3-13-10-8(7-12-2)5-4-6-9(10)11/h4-6,12H,3,7H2,1-2H3. The van der Waals surface area contributed by atoms with E-state index in [2.05, 4.69) is 5.32 Å². The van der Waals surface area contributed by atoms with Crippen molar-refractivity contribution in [2.45, 2.75) is 18.4 Å². The van der Waals surface area contributed by atoms with Gasteiger partial charge in [0.25, 0.3) is 0 Å². The Bertz CT molecular complexity index is 276. The van der Waals surface area contributed by atoms with Crippen molar-refractivity contribution in [3.63, 3.8) is 0 Å². The molecule has 0 fully saturated rings. The molecule has 0 unspecified atom stereocenters. The molecule has 1 N–H and O–H groups in total. The zero-order valence-electron chi connectivity index (χ0n) is 7.93. The number of benzene rings is 1. The van der Waals surface area contributed by atoms with Crippen molar-refractivity contribution < 1.29 is 4.39 Å². The highest BCUT2D eigenvalue weighted by atomic mass is 32.2. The minimum Gasteiger partial charge on any atom is -0.316 e. The molecule has 0 atom stereocenters. The predicted octanol–water partition coefficient (Wildman–Crippen LogP) is 2.66. The summed E-state index contributed by atoms with van der Waals surface area (Å²) in [5, 5.41) is 3.03. The van der Waals surface area contributed by atoms with Crippen molar-refractivity contribution in [2.75, 3.05) is 12.8 Å². The normalized spacial score (nSPS) is 10.4. The first-order valence-corrected chi connectivity index (χ1v) is 5.33. The molecule has 1 aromatic rings. The monoisotopic (exact) mass is 199 g/mol. The van der Waals surface area contributed by atoms with Crippen LogP contribution in [0.5, 0.6) is 0 Å². The first kappa shape index (κ1) is 10.5. The van der Waals surface area contributed by atoms with Crippen LogP contribution < -0.4 is 5.32 Å². The van der Waals surface area contributed by atoms with Gasteiger partial charge in [0, 0.05) is 11.4 Å². The van der Waals surface area contributed by atoms with Gasteiger partial charge in [-0.05, 0) is 24.4 Å². The summed E-state index contributed by atoms with van der Waals surface area (Å²) in [6.07, 6.45) is 0. The zero-order chi connectivity index (χ0) is 9.68. The molecule has 3 heteroatoms. The fourth-order valence-electron chi connectivity index (χ4n) is 1.19. The van der Waals surface area contributed by atoms with Crippen LogP contribution in [0.1, 0.15) is 12.5 Å². The molecule has 1 nitrogen and oxygen atoms in total. The van der Waals surface area contributed by atoms with E-state index in [1.165, 1.54) is 6.07 Å². The number of rotatable bonds is 4. The van der Waals surface area contributed by atoms with Crippen LogP contribution in [0, 0.1) is 5.82 Å². The second kappa shape index (κ2) is 5.25. The number of thioether (sulfide) groups is 1. The molecular weight excluding hydrogens is 185 g/mol. The lowest BCUT2D eigenvalue weighted by molar-refractivity contribution is 0.594. The molecule has 0 aliphatic carbocycles. The highest BCUT2D eigenvalue weighted by Gasteiger charge is 2.06. The highest BCUT2D eigenvalue weighted by Crippen LogP contribution is 2.25. The Morgan fingerprint density at radius 2 is 2.23 bits per heavy atom. The summed E-state index contributed by atoms with van der Waals surface area (Å²) < 4.78 is 13.3. The van der Waals surface area contributed by atoms with E-state index >= 15 is 0 Å². The highest BCUT2D eigenvalue weighted by molar-refractivity contribution is 7.99. The lowest BCUT2D eigenvalue weighted by atomic mass is 10.2. The Morgan fingerprint density at radius 1 is 1.46 bits per heavy atom. The van der Waals surface area contributed by atoms with Gasteiger partial charge in [0.05, 0.1) is 0 Å². The van der Waals surface area contributed by atoms with Crippen LogP contribution in [0.3, 0.4) is 0 Å². The van der Waals surface area contributed by atoms with E-state index in [0.29, 0.717) is 0 Å². The second-order valence-electron chi connectivity index (χ2n) is 2.69. The molecule has 0 spiro atoms. The Hall–Kier alpha value is -0.540. The predicted molar refractivity (Wildman–Crippen MR) is 55.6 cm³/mol. The van der Waals surface area contributed by atoms with Gasteiger partial charge in [-0.2, -0.15) is 0 Å². The smallest absolute Gasteiger partial charge is 0.137 e. The molecule has 0 bridgehead atoms. The fraction of sp³-hybridized carbons (Fsp3) is 0.400. The Morgan fingerprint density at radius 3 is 2.85 bits per heavy atom. The van der Waals surface area contributed by atoms with Crippen molar-refractivity contribution >= 4 is 11.8 Å². The number of hydrogen-bond donors (Lipinski definition) is 1. The van der Waals surface area contributed by atoms with Crippen LogP contribution in [-0.4, -0.2) is 12.8 Å². The van der Waals surface area contributed by atoms with E-state index in [0.717, 1.165) is 22.8 Å². The van der Waals surface area contributed by atoms with Gasteiger partial charge >= 0.3 is 0 Å². The molecule has 72 valence electrons. The van der Waals surface area contributed by atoms with Crippen LogP contribution in [0.25, 0.3) is 0 Å². The van der Waals surface area contributed by atoms with Crippen molar-refractivity contribution in [3.05, 3.63) is 29.6 Å². The van der Waals surface area contributed by atoms with Gasteiger partial charge < -0.3 is 5.32 Å². The lowest BCUT2D eigenvalue weighted by Gasteiger charge is -2.08. The Kier molecular flexibility index (Phi) is 4.25. The van der Waals surface area contributed by atoms with Crippen molar-refractivity contribution in [1.29, 1.82) is 0 Å². The van der Waals surface area contributed by atoms with Gasteiger partial charge in [-0.3, -0.25) is 0 Å². The van der Waals surface area contributed by atoms with Crippen molar-refractivity contribution in [1.82, 2.24) is 5.32 Å². The molecule has 0 amide bonds. The molecule has 0 aliphatic rings. The molecular formula is C10H14FNS. The molecule has 0 aromatic heterocycles. The Balaban J connectivity index is 2.95. The molecule has 0 heterocycles. The van der Waals surface area contributed by atoms with Gasteiger partial charge in [0.15, 0.2) is 0 Å². The van der Waals surface area contributed by atoms with Gasteiger partial charge in [-0.1, -0.05) is 19.1 Å². The first-order chi connectivity index (χ1) is 6.29. The third-order valence-electron chi connectivity index (χ3n) is 1.70. The van der Waals surface area contributed by atoms with Gasteiger partial charge in [0.1, 0.15) is 5.82 Å². The lowest BCUT2D eigenvalue weighted by Crippen LogP contribution is -2.06. The van der Waals surface area contributed by atoms with E-state index in [1.54, 1.807) is 17.8 Å². The van der Waals surface area contributed by atoms with Crippen LogP contribution in [-0.2, 0) is 6.54 Å². The molecule has 0 aliphatic heterocycles. The number of hydrogen-bond acceptors (Lipinski definition) is 2. The quantitative estimate of drug-likeness (QED) is 0.748. The van der Waals surface area contributed by atoms with E-state index in [9.17, 15) is 4.39 Å². The third kappa shape index (κ3) is 2.71. The summed E-state index contributed by atoms with van der Waals surface area (Å²) in [6, 6.07) is 5.22. The van der Waals surface area contributed by atoms with Crippen molar-refractivity contribution in [3.8, 4) is 0 Å². The zero-order valence-corrected chi connectivity index (χ0v) is 8.75. The Labute approximate surface area is 82.7 Å². The molecule has 1 rings (SSSR count).